The van der Waals surface area contributed by atoms with Crippen molar-refractivity contribution in [3.63, 3.8) is 0 Å². The average Bonchev–Trinajstić information content (AvgIpc) is 2.84. The molecule has 0 saturated carbocycles. The molecule has 1 heterocycles. The molecule has 0 aliphatic rings. The van der Waals surface area contributed by atoms with E-state index >= 15 is 0 Å². The Bertz CT molecular complexity index is 309. The van der Waals surface area contributed by atoms with Crippen LogP contribution in [0.15, 0.2) is 10.9 Å². The van der Waals surface area contributed by atoms with E-state index in [4.69, 9.17) is 4.52 Å². The number of amides is 1. The first-order valence-electron chi connectivity index (χ1n) is 6.01. The van der Waals surface area contributed by atoms with E-state index in [2.05, 4.69) is 34.6 Å². The predicted octanol–water partition coefficient (Wildman–Crippen LogP) is 0.506. The molecule has 0 atom stereocenters. The zero-order valence-corrected chi connectivity index (χ0v) is 10.4. The lowest BCUT2D eigenvalue weighted by atomic mass is 10.2. The Hall–Kier alpha value is -1.43. The highest BCUT2D eigenvalue weighted by Crippen LogP contribution is 1.95. The van der Waals surface area contributed by atoms with Crippen LogP contribution in [0.3, 0.4) is 0 Å². The van der Waals surface area contributed by atoms with E-state index in [1.165, 1.54) is 6.33 Å². The first-order valence-corrected chi connectivity index (χ1v) is 6.01. The van der Waals surface area contributed by atoms with E-state index in [0.717, 1.165) is 12.8 Å². The van der Waals surface area contributed by atoms with Crippen LogP contribution in [0.2, 0.25) is 0 Å². The van der Waals surface area contributed by atoms with Crippen molar-refractivity contribution in [2.45, 2.75) is 39.2 Å². The SMILES string of the molecule is CCC(CC)NC(=O)CNCCc1ncno1. The summed E-state index contributed by atoms with van der Waals surface area (Å²) < 4.78 is 4.84. The number of carbonyl (C=O) groups is 1. The number of aromatic nitrogens is 2. The summed E-state index contributed by atoms with van der Waals surface area (Å²) >= 11 is 0. The first kappa shape index (κ1) is 13.6. The molecule has 1 rings (SSSR count). The highest BCUT2D eigenvalue weighted by molar-refractivity contribution is 5.78. The second-order valence-corrected chi connectivity index (χ2v) is 3.84. The maximum absolute atomic E-state index is 11.5. The van der Waals surface area contributed by atoms with E-state index in [1.807, 2.05) is 0 Å². The minimum Gasteiger partial charge on any atom is -0.352 e. The van der Waals surface area contributed by atoms with Crippen LogP contribution in [0.5, 0.6) is 0 Å². The molecule has 0 aliphatic heterocycles. The standard InChI is InChI=1S/C11H20N4O2/c1-3-9(4-2)15-10(16)7-12-6-5-11-13-8-14-17-11/h8-9,12H,3-7H2,1-2H3,(H,15,16). The Morgan fingerprint density at radius 1 is 1.47 bits per heavy atom. The summed E-state index contributed by atoms with van der Waals surface area (Å²) in [6.07, 6.45) is 3.93. The highest BCUT2D eigenvalue weighted by Gasteiger charge is 2.07. The third-order valence-corrected chi connectivity index (χ3v) is 2.56. The van der Waals surface area contributed by atoms with Gasteiger partial charge in [-0.15, -0.1) is 0 Å². The van der Waals surface area contributed by atoms with Gasteiger partial charge in [-0.05, 0) is 12.8 Å². The fraction of sp³-hybridized carbons (Fsp3) is 0.727. The quantitative estimate of drug-likeness (QED) is 0.647. The molecule has 0 aromatic carbocycles. The molecule has 6 nitrogen and oxygen atoms in total. The molecular formula is C11H20N4O2. The topological polar surface area (TPSA) is 80.0 Å². The zero-order valence-electron chi connectivity index (χ0n) is 10.4. The molecular weight excluding hydrogens is 220 g/mol. The maximum atomic E-state index is 11.5. The van der Waals surface area contributed by atoms with Crippen molar-refractivity contribution in [2.75, 3.05) is 13.1 Å². The molecule has 1 aromatic heterocycles. The van der Waals surface area contributed by atoms with E-state index in [-0.39, 0.29) is 11.9 Å². The largest absolute Gasteiger partial charge is 0.352 e. The van der Waals surface area contributed by atoms with Gasteiger partial charge in [-0.1, -0.05) is 19.0 Å². The molecule has 0 aliphatic carbocycles. The molecule has 17 heavy (non-hydrogen) atoms. The predicted molar refractivity (Wildman–Crippen MR) is 63.4 cm³/mol. The minimum atomic E-state index is 0.0317. The van der Waals surface area contributed by atoms with Crippen molar-refractivity contribution in [3.05, 3.63) is 12.2 Å². The molecule has 1 amide bonds. The molecule has 0 radical (unpaired) electrons. The van der Waals surface area contributed by atoms with E-state index in [0.29, 0.717) is 25.4 Å². The summed E-state index contributed by atoms with van der Waals surface area (Å²) in [5, 5.41) is 9.50. The average molecular weight is 240 g/mol. The van der Waals surface area contributed by atoms with Crippen molar-refractivity contribution in [1.82, 2.24) is 20.8 Å². The molecule has 0 fully saturated rings. The molecule has 2 N–H and O–H groups in total. The monoisotopic (exact) mass is 240 g/mol. The second kappa shape index (κ2) is 7.78. The van der Waals surface area contributed by atoms with Gasteiger partial charge in [0, 0.05) is 19.0 Å². The van der Waals surface area contributed by atoms with Gasteiger partial charge < -0.3 is 15.2 Å². The van der Waals surface area contributed by atoms with Gasteiger partial charge in [0.05, 0.1) is 6.54 Å². The van der Waals surface area contributed by atoms with Gasteiger partial charge in [0.2, 0.25) is 11.8 Å². The minimum absolute atomic E-state index is 0.0317. The van der Waals surface area contributed by atoms with Crippen LogP contribution in [0.1, 0.15) is 32.6 Å². The van der Waals surface area contributed by atoms with Crippen LogP contribution in [0.4, 0.5) is 0 Å². The van der Waals surface area contributed by atoms with Gasteiger partial charge in [-0.3, -0.25) is 4.79 Å². The van der Waals surface area contributed by atoms with Crippen LogP contribution < -0.4 is 10.6 Å². The lowest BCUT2D eigenvalue weighted by molar-refractivity contribution is -0.121. The van der Waals surface area contributed by atoms with Crippen molar-refractivity contribution >= 4 is 5.91 Å². The van der Waals surface area contributed by atoms with Crippen molar-refractivity contribution in [1.29, 1.82) is 0 Å². The van der Waals surface area contributed by atoms with Gasteiger partial charge in [0.1, 0.15) is 0 Å². The normalized spacial score (nSPS) is 10.8. The van der Waals surface area contributed by atoms with Gasteiger partial charge in [-0.2, -0.15) is 4.98 Å². The van der Waals surface area contributed by atoms with Crippen molar-refractivity contribution in [2.24, 2.45) is 0 Å². The van der Waals surface area contributed by atoms with Crippen LogP contribution in [0, 0.1) is 0 Å². The smallest absolute Gasteiger partial charge is 0.234 e. The van der Waals surface area contributed by atoms with Gasteiger partial charge in [0.25, 0.3) is 0 Å². The Morgan fingerprint density at radius 2 is 2.24 bits per heavy atom. The van der Waals surface area contributed by atoms with E-state index in [1.54, 1.807) is 0 Å². The van der Waals surface area contributed by atoms with Crippen LogP contribution >= 0.6 is 0 Å². The fourth-order valence-corrected chi connectivity index (χ4v) is 1.47. The van der Waals surface area contributed by atoms with Crippen molar-refractivity contribution in [3.8, 4) is 0 Å². The number of rotatable bonds is 8. The maximum Gasteiger partial charge on any atom is 0.234 e. The third kappa shape index (κ3) is 5.44. The van der Waals surface area contributed by atoms with Crippen LogP contribution in [-0.4, -0.2) is 35.2 Å². The zero-order chi connectivity index (χ0) is 12.5. The number of hydrogen-bond acceptors (Lipinski definition) is 5. The summed E-state index contributed by atoms with van der Waals surface area (Å²) in [6, 6.07) is 0.278. The number of carbonyl (C=O) groups excluding carboxylic acids is 1. The highest BCUT2D eigenvalue weighted by atomic mass is 16.5. The van der Waals surface area contributed by atoms with Gasteiger partial charge in [0.15, 0.2) is 6.33 Å². The van der Waals surface area contributed by atoms with Crippen LogP contribution in [0.25, 0.3) is 0 Å². The molecule has 96 valence electrons. The lowest BCUT2D eigenvalue weighted by Gasteiger charge is -2.14. The van der Waals surface area contributed by atoms with E-state index in [9.17, 15) is 4.79 Å². The summed E-state index contributed by atoms with van der Waals surface area (Å²) in [6.45, 7) is 5.11. The van der Waals surface area contributed by atoms with Gasteiger partial charge in [-0.25, -0.2) is 0 Å². The molecule has 0 saturated heterocycles. The molecule has 0 spiro atoms. The van der Waals surface area contributed by atoms with Crippen molar-refractivity contribution < 1.29 is 9.32 Å². The number of hydrogen-bond donors (Lipinski definition) is 2. The Balaban J connectivity index is 2.07. The second-order valence-electron chi connectivity index (χ2n) is 3.84. The Morgan fingerprint density at radius 3 is 2.82 bits per heavy atom. The molecule has 0 bridgehead atoms. The van der Waals surface area contributed by atoms with Gasteiger partial charge >= 0.3 is 0 Å². The number of nitrogens with zero attached hydrogens (tertiary/aromatic N) is 2. The molecule has 6 heteroatoms. The number of nitrogens with one attached hydrogen (secondary N) is 2. The third-order valence-electron chi connectivity index (χ3n) is 2.56. The fourth-order valence-electron chi connectivity index (χ4n) is 1.47. The summed E-state index contributed by atoms with van der Waals surface area (Å²) in [7, 11) is 0. The summed E-state index contributed by atoms with van der Waals surface area (Å²) in [5.74, 6) is 0.613. The first-order chi connectivity index (χ1) is 8.26. The Kier molecular flexibility index (Phi) is 6.24. The van der Waals surface area contributed by atoms with E-state index < -0.39 is 0 Å². The lowest BCUT2D eigenvalue weighted by Crippen LogP contribution is -2.40. The Labute approximate surface area is 101 Å². The summed E-state index contributed by atoms with van der Waals surface area (Å²) in [4.78, 5) is 15.4. The molecule has 0 unspecified atom stereocenters. The molecule has 1 aromatic rings. The van der Waals surface area contributed by atoms with Crippen LogP contribution in [-0.2, 0) is 11.2 Å². The summed E-state index contributed by atoms with van der Waals surface area (Å²) in [5.41, 5.74) is 0.